The third kappa shape index (κ3) is 5.52. The van der Waals surface area contributed by atoms with E-state index < -0.39 is 0 Å². The Morgan fingerprint density at radius 1 is 0.958 bits per heavy atom. The van der Waals surface area contributed by atoms with Gasteiger partial charge < -0.3 is 15.4 Å². The molecule has 1 aliphatic rings. The molecule has 2 N–H and O–H groups in total. The Kier molecular flexibility index (Phi) is 6.53. The van der Waals surface area contributed by atoms with Gasteiger partial charge in [-0.2, -0.15) is 0 Å². The molecule has 0 spiro atoms. The maximum atomic E-state index is 5.87. The summed E-state index contributed by atoms with van der Waals surface area (Å²) < 4.78 is 5.74. The Labute approximate surface area is 149 Å². The maximum Gasteiger partial charge on any atom is 0.119 e. The van der Waals surface area contributed by atoms with E-state index in [1.807, 2.05) is 24.3 Å². The molecule has 1 heterocycles. The molecule has 0 radical (unpaired) electrons. The Balaban J connectivity index is 1.30. The van der Waals surface area contributed by atoms with Crippen molar-refractivity contribution in [2.75, 3.05) is 19.7 Å². The zero-order chi connectivity index (χ0) is 16.6. The topological polar surface area (TPSA) is 33.3 Å². The average Bonchev–Trinajstić information content (AvgIpc) is 2.62. The van der Waals surface area contributed by atoms with Crippen LogP contribution in [0, 0.1) is 5.92 Å². The molecule has 0 bridgehead atoms. The van der Waals surface area contributed by atoms with Crippen molar-refractivity contribution in [2.24, 2.45) is 5.92 Å². The molecule has 0 aliphatic carbocycles. The Morgan fingerprint density at radius 3 is 2.38 bits per heavy atom. The van der Waals surface area contributed by atoms with E-state index in [2.05, 4.69) is 41.0 Å². The van der Waals surface area contributed by atoms with Crippen molar-refractivity contribution >= 4 is 11.6 Å². The molecule has 2 aromatic rings. The second-order valence-electron chi connectivity index (χ2n) is 6.37. The summed E-state index contributed by atoms with van der Waals surface area (Å²) in [7, 11) is 0. The third-order valence-electron chi connectivity index (χ3n) is 4.39. The van der Waals surface area contributed by atoms with E-state index in [1.54, 1.807) is 0 Å². The molecule has 3 rings (SSSR count). The van der Waals surface area contributed by atoms with Crippen molar-refractivity contribution in [3.05, 3.63) is 65.2 Å². The average molecular weight is 345 g/mol. The lowest BCUT2D eigenvalue weighted by atomic mass is 9.97. The Morgan fingerprint density at radius 2 is 1.67 bits per heavy atom. The van der Waals surface area contributed by atoms with E-state index in [-0.39, 0.29) is 0 Å². The quantitative estimate of drug-likeness (QED) is 0.748. The molecule has 1 aliphatic heterocycles. The van der Waals surface area contributed by atoms with Crippen LogP contribution in [0.2, 0.25) is 5.02 Å². The highest BCUT2D eigenvalue weighted by Gasteiger charge is 2.19. The van der Waals surface area contributed by atoms with Crippen LogP contribution >= 0.6 is 11.6 Å². The molecular formula is C20H25ClN2O. The minimum absolute atomic E-state index is 0.394. The van der Waals surface area contributed by atoms with Crippen LogP contribution in [0.15, 0.2) is 54.6 Å². The van der Waals surface area contributed by atoms with Gasteiger partial charge in [0.15, 0.2) is 0 Å². The SMILES string of the molecule is Clc1ccc(OCCCC2NCC(Cc3ccccc3)CN2)cc1. The Bertz CT molecular complexity index is 595. The zero-order valence-corrected chi connectivity index (χ0v) is 14.6. The lowest BCUT2D eigenvalue weighted by molar-refractivity contribution is 0.251. The number of ether oxygens (including phenoxy) is 1. The monoisotopic (exact) mass is 344 g/mol. The van der Waals surface area contributed by atoms with Crippen molar-refractivity contribution in [3.8, 4) is 5.75 Å². The fourth-order valence-electron chi connectivity index (χ4n) is 3.07. The van der Waals surface area contributed by atoms with Crippen LogP contribution in [0.5, 0.6) is 5.75 Å². The number of halogens is 1. The fraction of sp³-hybridized carbons (Fsp3) is 0.400. The van der Waals surface area contributed by atoms with Crippen molar-refractivity contribution in [1.82, 2.24) is 10.6 Å². The molecule has 1 fully saturated rings. The van der Waals surface area contributed by atoms with Gasteiger partial charge in [0.25, 0.3) is 0 Å². The predicted octanol–water partition coefficient (Wildman–Crippen LogP) is 3.88. The highest BCUT2D eigenvalue weighted by atomic mass is 35.5. The number of hydrogen-bond acceptors (Lipinski definition) is 3. The summed E-state index contributed by atoms with van der Waals surface area (Å²) in [6.07, 6.45) is 3.63. The largest absolute Gasteiger partial charge is 0.494 e. The van der Waals surface area contributed by atoms with Gasteiger partial charge in [-0.15, -0.1) is 0 Å². The highest BCUT2D eigenvalue weighted by molar-refractivity contribution is 6.30. The van der Waals surface area contributed by atoms with E-state index in [1.165, 1.54) is 5.56 Å². The summed E-state index contributed by atoms with van der Waals surface area (Å²) in [5.74, 6) is 1.54. The molecule has 24 heavy (non-hydrogen) atoms. The first kappa shape index (κ1) is 17.3. The smallest absolute Gasteiger partial charge is 0.119 e. The molecule has 2 aromatic carbocycles. The van der Waals surface area contributed by atoms with Gasteiger partial charge in [-0.25, -0.2) is 0 Å². The van der Waals surface area contributed by atoms with Crippen LogP contribution in [-0.4, -0.2) is 25.9 Å². The molecule has 4 heteroatoms. The molecule has 0 atom stereocenters. The molecule has 3 nitrogen and oxygen atoms in total. The van der Waals surface area contributed by atoms with Crippen LogP contribution in [0.3, 0.4) is 0 Å². The molecule has 0 unspecified atom stereocenters. The van der Waals surface area contributed by atoms with Crippen molar-refractivity contribution in [2.45, 2.75) is 25.4 Å². The summed E-state index contributed by atoms with van der Waals surface area (Å²) in [5, 5.41) is 7.96. The first-order valence-electron chi connectivity index (χ1n) is 8.68. The Hall–Kier alpha value is -1.55. The van der Waals surface area contributed by atoms with Crippen molar-refractivity contribution < 1.29 is 4.74 Å². The number of nitrogens with one attached hydrogen (secondary N) is 2. The zero-order valence-electron chi connectivity index (χ0n) is 13.9. The predicted molar refractivity (Wildman–Crippen MR) is 99.6 cm³/mol. The minimum atomic E-state index is 0.394. The second-order valence-corrected chi connectivity index (χ2v) is 6.81. The van der Waals surface area contributed by atoms with Gasteiger partial charge in [-0.1, -0.05) is 41.9 Å². The molecule has 128 valence electrons. The van der Waals surface area contributed by atoms with E-state index in [4.69, 9.17) is 16.3 Å². The van der Waals surface area contributed by atoms with E-state index in [0.717, 1.165) is 49.7 Å². The lowest BCUT2D eigenvalue weighted by Gasteiger charge is -2.31. The fourth-order valence-corrected chi connectivity index (χ4v) is 3.19. The van der Waals surface area contributed by atoms with Gasteiger partial charge in [0.2, 0.25) is 0 Å². The van der Waals surface area contributed by atoms with E-state index in [0.29, 0.717) is 12.1 Å². The maximum absolute atomic E-state index is 5.87. The van der Waals surface area contributed by atoms with Crippen molar-refractivity contribution in [3.63, 3.8) is 0 Å². The van der Waals surface area contributed by atoms with Crippen LogP contribution in [0.1, 0.15) is 18.4 Å². The molecular weight excluding hydrogens is 320 g/mol. The van der Waals surface area contributed by atoms with Gasteiger partial charge in [0, 0.05) is 18.1 Å². The number of hydrogen-bond donors (Lipinski definition) is 2. The van der Waals surface area contributed by atoms with E-state index >= 15 is 0 Å². The van der Waals surface area contributed by atoms with Crippen LogP contribution < -0.4 is 15.4 Å². The van der Waals surface area contributed by atoms with Gasteiger partial charge >= 0.3 is 0 Å². The molecule has 0 amide bonds. The van der Waals surface area contributed by atoms with Crippen molar-refractivity contribution in [1.29, 1.82) is 0 Å². The normalized spacial score (nSPS) is 20.7. The standard InChI is InChI=1S/C20H25ClN2O/c21-18-8-10-19(11-9-18)24-12-4-7-20-22-14-17(15-23-20)13-16-5-2-1-3-6-16/h1-3,5-6,8-11,17,20,22-23H,4,7,12-15H2. The number of benzene rings is 2. The first-order chi connectivity index (χ1) is 11.8. The van der Waals surface area contributed by atoms with Crippen LogP contribution in [0.4, 0.5) is 0 Å². The molecule has 0 saturated carbocycles. The van der Waals surface area contributed by atoms with Gasteiger partial charge in [0.05, 0.1) is 12.8 Å². The van der Waals surface area contributed by atoms with Crippen LogP contribution in [0.25, 0.3) is 0 Å². The summed E-state index contributed by atoms with van der Waals surface area (Å²) in [6.45, 7) is 2.88. The molecule has 1 saturated heterocycles. The summed E-state index contributed by atoms with van der Waals surface area (Å²) in [4.78, 5) is 0. The summed E-state index contributed by atoms with van der Waals surface area (Å²) >= 11 is 5.87. The molecule has 0 aromatic heterocycles. The van der Waals surface area contributed by atoms with Crippen LogP contribution in [-0.2, 0) is 6.42 Å². The lowest BCUT2D eigenvalue weighted by Crippen LogP contribution is -2.53. The van der Waals surface area contributed by atoms with E-state index in [9.17, 15) is 0 Å². The second kappa shape index (κ2) is 9.07. The van der Waals surface area contributed by atoms with Gasteiger partial charge in [-0.05, 0) is 55.0 Å². The summed E-state index contributed by atoms with van der Waals surface area (Å²) in [6, 6.07) is 18.2. The number of rotatable bonds is 7. The third-order valence-corrected chi connectivity index (χ3v) is 4.64. The summed E-state index contributed by atoms with van der Waals surface area (Å²) in [5.41, 5.74) is 1.42. The van der Waals surface area contributed by atoms with Gasteiger partial charge in [0.1, 0.15) is 5.75 Å². The highest BCUT2D eigenvalue weighted by Crippen LogP contribution is 2.16. The van der Waals surface area contributed by atoms with Gasteiger partial charge in [-0.3, -0.25) is 0 Å². The minimum Gasteiger partial charge on any atom is -0.494 e. The first-order valence-corrected chi connectivity index (χ1v) is 9.06.